The van der Waals surface area contributed by atoms with Gasteiger partial charge in [0.1, 0.15) is 18.1 Å². The Labute approximate surface area is 216 Å². The average molecular weight is 509 g/mol. The van der Waals surface area contributed by atoms with Crippen LogP contribution in [0.25, 0.3) is 0 Å². The van der Waals surface area contributed by atoms with Crippen LogP contribution in [0, 0.1) is 5.82 Å². The van der Waals surface area contributed by atoms with Crippen LogP contribution in [-0.2, 0) is 22.6 Å². The number of rotatable bonds is 11. The van der Waals surface area contributed by atoms with Crippen molar-refractivity contribution in [3.05, 3.63) is 90.1 Å². The number of carbonyl (C=O) groups excluding carboxylic acids is 2. The fourth-order valence-electron chi connectivity index (χ4n) is 4.21. The van der Waals surface area contributed by atoms with Gasteiger partial charge in [0.05, 0.1) is 31.7 Å². The molecule has 9 heteroatoms. The van der Waals surface area contributed by atoms with Gasteiger partial charge in [0.2, 0.25) is 5.91 Å². The number of amides is 3. The van der Waals surface area contributed by atoms with E-state index in [2.05, 4.69) is 10.2 Å². The van der Waals surface area contributed by atoms with Gasteiger partial charge in [-0.05, 0) is 36.2 Å². The first-order chi connectivity index (χ1) is 18.1. The highest BCUT2D eigenvalue weighted by molar-refractivity contribution is 5.92. The summed E-state index contributed by atoms with van der Waals surface area (Å²) in [4.78, 5) is 32.1. The van der Waals surface area contributed by atoms with Crippen molar-refractivity contribution >= 4 is 17.6 Å². The van der Waals surface area contributed by atoms with Crippen molar-refractivity contribution in [1.82, 2.24) is 14.7 Å². The molecule has 0 radical (unpaired) electrons. The van der Waals surface area contributed by atoms with Crippen LogP contribution in [0.1, 0.15) is 17.7 Å². The van der Waals surface area contributed by atoms with Gasteiger partial charge < -0.3 is 24.3 Å². The van der Waals surface area contributed by atoms with E-state index in [1.165, 1.54) is 17.0 Å². The summed E-state index contributed by atoms with van der Waals surface area (Å²) in [5, 5.41) is 2.63. The van der Waals surface area contributed by atoms with E-state index in [1.54, 1.807) is 29.4 Å². The molecule has 1 fully saturated rings. The Morgan fingerprint density at radius 2 is 1.68 bits per heavy atom. The predicted molar refractivity (Wildman–Crippen MR) is 138 cm³/mol. The van der Waals surface area contributed by atoms with Crippen LogP contribution in [0.15, 0.2) is 77.4 Å². The maximum Gasteiger partial charge on any atom is 0.322 e. The molecule has 0 atom stereocenters. The van der Waals surface area contributed by atoms with Gasteiger partial charge in [-0.15, -0.1) is 0 Å². The molecule has 1 aliphatic rings. The number of hydrogen-bond donors (Lipinski definition) is 1. The molecule has 8 nitrogen and oxygen atoms in total. The molecule has 0 saturated carbocycles. The molecule has 1 saturated heterocycles. The molecule has 37 heavy (non-hydrogen) atoms. The lowest BCUT2D eigenvalue weighted by Crippen LogP contribution is -2.45. The summed E-state index contributed by atoms with van der Waals surface area (Å²) in [5.74, 6) is -0.103. The van der Waals surface area contributed by atoms with E-state index >= 15 is 0 Å². The molecule has 4 rings (SSSR count). The van der Waals surface area contributed by atoms with Crippen LogP contribution in [0.5, 0.6) is 0 Å². The van der Waals surface area contributed by atoms with Crippen LogP contribution in [0.3, 0.4) is 0 Å². The Morgan fingerprint density at radius 3 is 2.41 bits per heavy atom. The zero-order chi connectivity index (χ0) is 25.9. The first kappa shape index (κ1) is 26.4. The van der Waals surface area contributed by atoms with E-state index in [0.717, 1.165) is 25.2 Å². The molecule has 0 bridgehead atoms. The molecule has 0 aliphatic carbocycles. The number of carbonyl (C=O) groups is 2. The molecule has 2 heterocycles. The minimum Gasteiger partial charge on any atom is -0.467 e. The monoisotopic (exact) mass is 508 g/mol. The van der Waals surface area contributed by atoms with E-state index in [4.69, 9.17) is 9.15 Å². The fraction of sp³-hybridized carbons (Fsp3) is 0.357. The lowest BCUT2D eigenvalue weighted by Gasteiger charge is -2.30. The van der Waals surface area contributed by atoms with E-state index < -0.39 is 11.8 Å². The van der Waals surface area contributed by atoms with Gasteiger partial charge in [0.15, 0.2) is 0 Å². The van der Waals surface area contributed by atoms with Gasteiger partial charge in [-0.1, -0.05) is 42.5 Å². The standard InChI is InChI=1S/C28H33FN4O4/c29-25-11-4-5-12-26(25)30-28(35)32(14-7-13-31-15-18-36-19-16-31)22-27(34)33(21-24-10-6-17-37-24)20-23-8-2-1-3-9-23/h1-6,8-12,17H,7,13-16,18-22H2,(H,30,35). The molecule has 0 unspecified atom stereocenters. The van der Waals surface area contributed by atoms with Crippen LogP contribution >= 0.6 is 0 Å². The molecule has 0 spiro atoms. The molecular weight excluding hydrogens is 475 g/mol. The number of urea groups is 1. The highest BCUT2D eigenvalue weighted by Gasteiger charge is 2.23. The van der Waals surface area contributed by atoms with Crippen LogP contribution < -0.4 is 5.32 Å². The molecule has 2 aromatic carbocycles. The Morgan fingerprint density at radius 1 is 0.919 bits per heavy atom. The third-order valence-corrected chi connectivity index (χ3v) is 6.23. The summed E-state index contributed by atoms with van der Waals surface area (Å²) in [5.41, 5.74) is 1.05. The second-order valence-electron chi connectivity index (χ2n) is 8.95. The topological polar surface area (TPSA) is 78.3 Å². The van der Waals surface area contributed by atoms with Crippen LogP contribution in [0.4, 0.5) is 14.9 Å². The molecule has 1 N–H and O–H groups in total. The number of halogens is 1. The molecule has 3 amide bonds. The van der Waals surface area contributed by atoms with Crippen molar-refractivity contribution in [2.75, 3.05) is 51.3 Å². The zero-order valence-electron chi connectivity index (χ0n) is 20.9. The van der Waals surface area contributed by atoms with E-state index in [9.17, 15) is 14.0 Å². The normalized spacial score (nSPS) is 13.8. The number of para-hydroxylation sites is 1. The third-order valence-electron chi connectivity index (χ3n) is 6.23. The van der Waals surface area contributed by atoms with Gasteiger partial charge in [0, 0.05) is 32.7 Å². The third kappa shape index (κ3) is 8.16. The summed E-state index contributed by atoms with van der Waals surface area (Å²) in [7, 11) is 0. The van der Waals surface area contributed by atoms with E-state index in [1.807, 2.05) is 36.4 Å². The molecule has 196 valence electrons. The van der Waals surface area contributed by atoms with Crippen molar-refractivity contribution in [1.29, 1.82) is 0 Å². The maximum absolute atomic E-state index is 14.2. The zero-order valence-corrected chi connectivity index (χ0v) is 20.9. The van der Waals surface area contributed by atoms with Gasteiger partial charge in [-0.3, -0.25) is 9.69 Å². The van der Waals surface area contributed by atoms with Crippen molar-refractivity contribution < 1.29 is 23.1 Å². The minimum absolute atomic E-state index is 0.0786. The van der Waals surface area contributed by atoms with Gasteiger partial charge >= 0.3 is 6.03 Å². The number of anilines is 1. The Kier molecular flexibility index (Phi) is 9.67. The maximum atomic E-state index is 14.2. The first-order valence-electron chi connectivity index (χ1n) is 12.5. The second kappa shape index (κ2) is 13.6. The van der Waals surface area contributed by atoms with Gasteiger partial charge in [-0.2, -0.15) is 0 Å². The Bertz CT molecular complexity index is 1120. The Balaban J connectivity index is 1.46. The summed E-state index contributed by atoms with van der Waals surface area (Å²) < 4.78 is 25.1. The molecular formula is C28H33FN4O4. The van der Waals surface area contributed by atoms with Crippen molar-refractivity contribution in [3.63, 3.8) is 0 Å². The van der Waals surface area contributed by atoms with Crippen LogP contribution in [0.2, 0.25) is 0 Å². The number of nitrogens with one attached hydrogen (secondary N) is 1. The van der Waals surface area contributed by atoms with Gasteiger partial charge in [0.25, 0.3) is 0 Å². The molecule has 1 aliphatic heterocycles. The summed E-state index contributed by atoms with van der Waals surface area (Å²) in [6, 6.07) is 18.7. The van der Waals surface area contributed by atoms with Gasteiger partial charge in [-0.25, -0.2) is 9.18 Å². The smallest absolute Gasteiger partial charge is 0.322 e. The fourth-order valence-corrected chi connectivity index (χ4v) is 4.21. The quantitative estimate of drug-likeness (QED) is 0.420. The number of nitrogens with zero attached hydrogens (tertiary/aromatic N) is 3. The van der Waals surface area contributed by atoms with Crippen LogP contribution in [-0.4, -0.2) is 72.6 Å². The number of ether oxygens (including phenoxy) is 1. The summed E-state index contributed by atoms with van der Waals surface area (Å²) in [6.45, 7) is 4.70. The number of hydrogen-bond acceptors (Lipinski definition) is 5. The molecule has 3 aromatic rings. The number of furan rings is 1. The van der Waals surface area contributed by atoms with Crippen molar-refractivity contribution in [2.24, 2.45) is 0 Å². The SMILES string of the molecule is O=C(CN(CCCN1CCOCC1)C(=O)Nc1ccccc1F)N(Cc1ccccc1)Cc1ccco1. The predicted octanol–water partition coefficient (Wildman–Crippen LogP) is 4.20. The number of morpholine rings is 1. The molecule has 1 aromatic heterocycles. The highest BCUT2D eigenvalue weighted by Crippen LogP contribution is 2.15. The summed E-state index contributed by atoms with van der Waals surface area (Å²) >= 11 is 0. The van der Waals surface area contributed by atoms with Crippen molar-refractivity contribution in [3.8, 4) is 0 Å². The number of benzene rings is 2. The lowest BCUT2D eigenvalue weighted by molar-refractivity contribution is -0.133. The van der Waals surface area contributed by atoms with Crippen molar-refractivity contribution in [2.45, 2.75) is 19.5 Å². The Hall–Kier alpha value is -3.69. The highest BCUT2D eigenvalue weighted by atomic mass is 19.1. The minimum atomic E-state index is -0.529. The first-order valence-corrected chi connectivity index (χ1v) is 12.5. The average Bonchev–Trinajstić information content (AvgIpc) is 3.43. The van der Waals surface area contributed by atoms with E-state index in [-0.39, 0.29) is 24.7 Å². The summed E-state index contributed by atoms with van der Waals surface area (Å²) in [6.07, 6.45) is 2.25. The largest absolute Gasteiger partial charge is 0.467 e. The second-order valence-corrected chi connectivity index (χ2v) is 8.95. The van der Waals surface area contributed by atoms with E-state index in [0.29, 0.717) is 38.5 Å². The lowest BCUT2D eigenvalue weighted by atomic mass is 10.2.